The predicted octanol–water partition coefficient (Wildman–Crippen LogP) is 3.14. The Bertz CT molecular complexity index is 753. The summed E-state index contributed by atoms with van der Waals surface area (Å²) in [5, 5.41) is 2.63. The summed E-state index contributed by atoms with van der Waals surface area (Å²) in [5.41, 5.74) is 0.510. The van der Waals surface area contributed by atoms with Crippen molar-refractivity contribution in [3.63, 3.8) is 0 Å². The number of nitrogens with one attached hydrogen (secondary N) is 1. The van der Waals surface area contributed by atoms with Gasteiger partial charge in [0.1, 0.15) is 10.6 Å². The van der Waals surface area contributed by atoms with Crippen molar-refractivity contribution in [2.75, 3.05) is 18.5 Å². The van der Waals surface area contributed by atoms with Gasteiger partial charge >= 0.3 is 5.97 Å². The molecule has 1 aromatic carbocycles. The highest BCUT2D eigenvalue weighted by Gasteiger charge is 2.15. The fraction of sp³-hybridized carbons (Fsp3) is 0.235. The van der Waals surface area contributed by atoms with Crippen molar-refractivity contribution in [3.05, 3.63) is 46.2 Å². The van der Waals surface area contributed by atoms with Gasteiger partial charge in [0.05, 0.1) is 17.2 Å². The number of carbonyl (C=O) groups is 3. The van der Waals surface area contributed by atoms with Crippen LogP contribution in [0.2, 0.25) is 0 Å². The number of hydrogen-bond acceptors (Lipinski definition) is 6. The first-order valence-corrected chi connectivity index (χ1v) is 8.12. The molecular formula is C17H17NO5S. The van der Waals surface area contributed by atoms with E-state index in [9.17, 15) is 14.4 Å². The molecule has 0 spiro atoms. The van der Waals surface area contributed by atoms with E-state index < -0.39 is 18.5 Å². The molecule has 24 heavy (non-hydrogen) atoms. The maximum Gasteiger partial charge on any atom is 0.348 e. The van der Waals surface area contributed by atoms with Gasteiger partial charge in [0.25, 0.3) is 5.91 Å². The molecule has 126 valence electrons. The van der Waals surface area contributed by atoms with E-state index in [2.05, 4.69) is 5.32 Å². The normalized spacial score (nSPS) is 10.1. The molecule has 6 nitrogen and oxygen atoms in total. The highest BCUT2D eigenvalue weighted by molar-refractivity contribution is 7.15. The third-order valence-corrected chi connectivity index (χ3v) is 4.12. The highest BCUT2D eigenvalue weighted by Crippen LogP contribution is 2.23. The van der Waals surface area contributed by atoms with E-state index in [0.717, 1.165) is 11.3 Å². The van der Waals surface area contributed by atoms with Crippen molar-refractivity contribution >= 4 is 34.7 Å². The summed E-state index contributed by atoms with van der Waals surface area (Å²) < 4.78 is 10.4. The molecule has 1 N–H and O–H groups in total. The summed E-state index contributed by atoms with van der Waals surface area (Å²) in [6.07, 6.45) is 0. The van der Waals surface area contributed by atoms with Gasteiger partial charge in [0.2, 0.25) is 0 Å². The Morgan fingerprint density at radius 1 is 1.08 bits per heavy atom. The second-order valence-electron chi connectivity index (χ2n) is 4.77. The molecule has 0 fully saturated rings. The number of ketones is 1. The topological polar surface area (TPSA) is 81.7 Å². The summed E-state index contributed by atoms with van der Waals surface area (Å²) in [7, 11) is 0. The van der Waals surface area contributed by atoms with Crippen LogP contribution in [0, 0.1) is 0 Å². The number of ether oxygens (including phenoxy) is 2. The average molecular weight is 347 g/mol. The zero-order valence-corrected chi connectivity index (χ0v) is 14.1. The smallest absolute Gasteiger partial charge is 0.348 e. The molecule has 0 aliphatic rings. The molecule has 0 aliphatic heterocycles. The third-order valence-electron chi connectivity index (χ3n) is 2.95. The van der Waals surface area contributed by atoms with E-state index in [0.29, 0.717) is 22.9 Å². The largest absolute Gasteiger partial charge is 0.492 e. The third kappa shape index (κ3) is 4.66. The van der Waals surface area contributed by atoms with Crippen molar-refractivity contribution in [2.45, 2.75) is 13.8 Å². The van der Waals surface area contributed by atoms with E-state index in [1.165, 1.54) is 13.0 Å². The van der Waals surface area contributed by atoms with Crippen LogP contribution in [-0.2, 0) is 9.53 Å². The fourth-order valence-electron chi connectivity index (χ4n) is 1.88. The molecular weight excluding hydrogens is 330 g/mol. The Morgan fingerprint density at radius 2 is 1.79 bits per heavy atom. The fourth-order valence-corrected chi connectivity index (χ4v) is 2.67. The first-order chi connectivity index (χ1) is 11.5. The Labute approximate surface area is 143 Å². The summed E-state index contributed by atoms with van der Waals surface area (Å²) >= 11 is 1.04. The zero-order chi connectivity index (χ0) is 17.5. The van der Waals surface area contributed by atoms with Gasteiger partial charge in [0, 0.05) is 0 Å². The number of Topliss-reactive ketones (excluding diaryl/α,β-unsaturated/α-hetero) is 1. The molecule has 2 rings (SSSR count). The molecule has 0 unspecified atom stereocenters. The van der Waals surface area contributed by atoms with Gasteiger partial charge in [-0.25, -0.2) is 4.79 Å². The van der Waals surface area contributed by atoms with Crippen LogP contribution in [-0.4, -0.2) is 30.9 Å². The standard InChI is InChI=1S/C17H17NO5S/c1-3-22-13-7-5-4-6-12(13)18-16(20)10-23-17(21)15-9-8-14(24-15)11(2)19/h4-9H,3,10H2,1-2H3,(H,18,20). The van der Waals surface area contributed by atoms with Crippen molar-refractivity contribution in [3.8, 4) is 5.75 Å². The van der Waals surface area contributed by atoms with E-state index in [1.54, 1.807) is 30.3 Å². The Morgan fingerprint density at radius 3 is 2.46 bits per heavy atom. The summed E-state index contributed by atoms with van der Waals surface area (Å²) in [4.78, 5) is 35.8. The molecule has 0 aliphatic carbocycles. The molecule has 0 atom stereocenters. The van der Waals surface area contributed by atoms with Crippen LogP contribution < -0.4 is 10.1 Å². The van der Waals surface area contributed by atoms with Gasteiger partial charge in [-0.15, -0.1) is 11.3 Å². The van der Waals surface area contributed by atoms with Crippen LogP contribution in [0.5, 0.6) is 5.75 Å². The average Bonchev–Trinajstić information content (AvgIpc) is 3.05. The number of benzene rings is 1. The van der Waals surface area contributed by atoms with Crippen molar-refractivity contribution in [1.82, 2.24) is 0 Å². The lowest BCUT2D eigenvalue weighted by atomic mass is 10.3. The molecule has 2 aromatic rings. The first kappa shape index (κ1) is 17.7. The molecule has 0 bridgehead atoms. The Kier molecular flexibility index (Phi) is 6.08. The van der Waals surface area contributed by atoms with Crippen molar-refractivity contribution in [1.29, 1.82) is 0 Å². The monoisotopic (exact) mass is 347 g/mol. The number of hydrogen-bond donors (Lipinski definition) is 1. The molecule has 7 heteroatoms. The number of amides is 1. The minimum Gasteiger partial charge on any atom is -0.492 e. The van der Waals surface area contributed by atoms with Gasteiger partial charge < -0.3 is 14.8 Å². The summed E-state index contributed by atoms with van der Waals surface area (Å²) in [6, 6.07) is 10.1. The molecule has 1 aromatic heterocycles. The van der Waals surface area contributed by atoms with Gasteiger partial charge in [-0.1, -0.05) is 12.1 Å². The van der Waals surface area contributed by atoms with Gasteiger partial charge in [0.15, 0.2) is 12.4 Å². The van der Waals surface area contributed by atoms with Crippen LogP contribution in [0.25, 0.3) is 0 Å². The minimum atomic E-state index is -0.638. The maximum absolute atomic E-state index is 11.9. The Hall–Kier alpha value is -2.67. The van der Waals surface area contributed by atoms with E-state index in [-0.39, 0.29) is 10.7 Å². The van der Waals surface area contributed by atoms with Crippen LogP contribution in [0.4, 0.5) is 5.69 Å². The summed E-state index contributed by atoms with van der Waals surface area (Å²) in [5.74, 6) is -0.687. The van der Waals surface area contributed by atoms with Crippen LogP contribution in [0.3, 0.4) is 0 Å². The van der Waals surface area contributed by atoms with Crippen LogP contribution in [0.15, 0.2) is 36.4 Å². The zero-order valence-electron chi connectivity index (χ0n) is 13.3. The molecule has 1 amide bonds. The van der Waals surface area contributed by atoms with Crippen LogP contribution in [0.1, 0.15) is 33.2 Å². The van der Waals surface area contributed by atoms with Gasteiger partial charge in [-0.05, 0) is 38.1 Å². The number of para-hydroxylation sites is 2. The predicted molar refractivity (Wildman–Crippen MR) is 90.8 cm³/mol. The van der Waals surface area contributed by atoms with Gasteiger partial charge in [-0.3, -0.25) is 9.59 Å². The SMILES string of the molecule is CCOc1ccccc1NC(=O)COC(=O)c1ccc(C(C)=O)s1. The van der Waals surface area contributed by atoms with Gasteiger partial charge in [-0.2, -0.15) is 0 Å². The second kappa shape index (κ2) is 8.26. The lowest BCUT2D eigenvalue weighted by Crippen LogP contribution is -2.21. The number of carbonyl (C=O) groups excluding carboxylic acids is 3. The van der Waals surface area contributed by atoms with Crippen molar-refractivity contribution < 1.29 is 23.9 Å². The molecule has 0 saturated carbocycles. The van der Waals surface area contributed by atoms with E-state index in [4.69, 9.17) is 9.47 Å². The molecule has 0 radical (unpaired) electrons. The first-order valence-electron chi connectivity index (χ1n) is 7.30. The second-order valence-corrected chi connectivity index (χ2v) is 5.86. The van der Waals surface area contributed by atoms with Crippen LogP contribution >= 0.6 is 11.3 Å². The number of esters is 1. The lowest BCUT2D eigenvalue weighted by Gasteiger charge is -2.11. The number of anilines is 1. The highest BCUT2D eigenvalue weighted by atomic mass is 32.1. The van der Waals surface area contributed by atoms with Crippen molar-refractivity contribution in [2.24, 2.45) is 0 Å². The minimum absolute atomic E-state index is 0.121. The lowest BCUT2D eigenvalue weighted by molar-refractivity contribution is -0.119. The number of rotatable bonds is 7. The molecule has 0 saturated heterocycles. The van der Waals surface area contributed by atoms with E-state index in [1.807, 2.05) is 6.92 Å². The quantitative estimate of drug-likeness (QED) is 0.615. The number of thiophene rings is 1. The maximum atomic E-state index is 11.9. The summed E-state index contributed by atoms with van der Waals surface area (Å²) in [6.45, 7) is 3.31. The van der Waals surface area contributed by atoms with E-state index >= 15 is 0 Å². The Balaban J connectivity index is 1.91. The molecule has 1 heterocycles.